The van der Waals surface area contributed by atoms with E-state index in [1.165, 1.54) is 0 Å². The van der Waals surface area contributed by atoms with Crippen molar-refractivity contribution in [3.63, 3.8) is 0 Å². The first-order valence-corrected chi connectivity index (χ1v) is 7.38. The van der Waals surface area contributed by atoms with E-state index >= 15 is 0 Å². The third-order valence-electron chi connectivity index (χ3n) is 3.42. The molecule has 23 heavy (non-hydrogen) atoms. The Bertz CT molecular complexity index is 830. The number of ether oxygens (including phenoxy) is 1. The molecule has 2 aromatic carbocycles. The van der Waals surface area contributed by atoms with Crippen molar-refractivity contribution in [1.82, 2.24) is 15.0 Å². The van der Waals surface area contributed by atoms with Gasteiger partial charge in [0.2, 0.25) is 0 Å². The van der Waals surface area contributed by atoms with Crippen molar-refractivity contribution < 1.29 is 4.74 Å². The highest BCUT2D eigenvalue weighted by Crippen LogP contribution is 2.25. The predicted octanol–water partition coefficient (Wildman–Crippen LogP) is 4.05. The van der Waals surface area contributed by atoms with Crippen LogP contribution in [0, 0.1) is 11.3 Å². The van der Waals surface area contributed by atoms with Crippen molar-refractivity contribution in [1.29, 1.82) is 5.26 Å². The summed E-state index contributed by atoms with van der Waals surface area (Å²) in [4.78, 5) is 0. The smallest absolute Gasteiger partial charge is 0.186 e. The molecule has 0 bridgehead atoms. The Hall–Kier alpha value is -3.13. The van der Waals surface area contributed by atoms with E-state index in [0.717, 1.165) is 22.9 Å². The summed E-state index contributed by atoms with van der Waals surface area (Å²) in [7, 11) is 0. The van der Waals surface area contributed by atoms with Gasteiger partial charge in [0.15, 0.2) is 5.69 Å². The molecule has 0 amide bonds. The second kappa shape index (κ2) is 6.32. The van der Waals surface area contributed by atoms with Gasteiger partial charge in [-0.3, -0.25) is 0 Å². The lowest BCUT2D eigenvalue weighted by Crippen LogP contribution is -2.04. The molecule has 0 atom stereocenters. The van der Waals surface area contributed by atoms with Crippen molar-refractivity contribution in [2.45, 2.75) is 19.8 Å². The molecule has 0 saturated carbocycles. The van der Waals surface area contributed by atoms with Gasteiger partial charge in [0, 0.05) is 0 Å². The zero-order valence-electron chi connectivity index (χ0n) is 13.0. The number of benzene rings is 2. The van der Waals surface area contributed by atoms with Gasteiger partial charge in [-0.2, -0.15) is 5.26 Å². The Morgan fingerprint density at radius 3 is 2.26 bits per heavy atom. The number of hydrogen-bond acceptors (Lipinski definition) is 4. The molecule has 3 aromatic rings. The summed E-state index contributed by atoms with van der Waals surface area (Å²) in [5.74, 6) is 1.68. The zero-order chi connectivity index (χ0) is 16.2. The molecule has 0 saturated heterocycles. The predicted molar refractivity (Wildman–Crippen MR) is 86.7 cm³/mol. The van der Waals surface area contributed by atoms with Crippen LogP contribution < -0.4 is 4.74 Å². The summed E-state index contributed by atoms with van der Waals surface area (Å²) in [5, 5.41) is 17.2. The molecule has 0 fully saturated rings. The molecule has 0 aliphatic rings. The summed E-state index contributed by atoms with van der Waals surface area (Å²) in [6, 6.07) is 19.3. The summed E-state index contributed by atoms with van der Waals surface area (Å²) in [6.07, 6.45) is 0. The first-order chi connectivity index (χ1) is 11.2. The fourth-order valence-electron chi connectivity index (χ4n) is 2.36. The number of hydrogen-bond donors (Lipinski definition) is 0. The van der Waals surface area contributed by atoms with Crippen LogP contribution in [0.2, 0.25) is 0 Å². The van der Waals surface area contributed by atoms with Crippen LogP contribution in [-0.2, 0) is 0 Å². The van der Waals surface area contributed by atoms with E-state index in [9.17, 15) is 0 Å². The van der Waals surface area contributed by atoms with E-state index in [1.54, 1.807) is 4.68 Å². The lowest BCUT2D eigenvalue weighted by Gasteiger charge is -2.10. The van der Waals surface area contributed by atoms with Gasteiger partial charge in [0.25, 0.3) is 0 Å². The average Bonchev–Trinajstić information content (AvgIpc) is 3.01. The average molecular weight is 304 g/mol. The first kappa shape index (κ1) is 14.8. The van der Waals surface area contributed by atoms with Crippen LogP contribution in [0.3, 0.4) is 0 Å². The Labute approximate surface area is 134 Å². The second-order valence-corrected chi connectivity index (χ2v) is 5.41. The van der Waals surface area contributed by atoms with Crippen molar-refractivity contribution in [2.24, 2.45) is 0 Å². The van der Waals surface area contributed by atoms with Crippen LogP contribution >= 0.6 is 0 Å². The summed E-state index contributed by atoms with van der Waals surface area (Å²) < 4.78 is 7.48. The Morgan fingerprint density at radius 1 is 1.00 bits per heavy atom. The van der Waals surface area contributed by atoms with E-state index in [1.807, 2.05) is 68.4 Å². The number of nitriles is 1. The minimum absolute atomic E-state index is 0.153. The zero-order valence-corrected chi connectivity index (χ0v) is 13.0. The molecule has 5 heteroatoms. The van der Waals surface area contributed by atoms with E-state index < -0.39 is 0 Å². The first-order valence-electron chi connectivity index (χ1n) is 7.38. The van der Waals surface area contributed by atoms with Crippen molar-refractivity contribution in [3.8, 4) is 23.3 Å². The molecule has 5 nitrogen and oxygen atoms in total. The maximum Gasteiger partial charge on any atom is 0.186 e. The molecule has 1 heterocycles. The number of aromatic nitrogens is 3. The lowest BCUT2D eigenvalue weighted by molar-refractivity contribution is 0.482. The standard InChI is InChI=1S/C18H16N4O/c1-13(2)18-17(12-19)20-21-22(18)14-8-10-16(11-9-14)23-15-6-4-3-5-7-15/h3-11,13H,1-2H3. The molecule has 0 unspecified atom stereocenters. The summed E-state index contributed by atoms with van der Waals surface area (Å²) in [5.41, 5.74) is 2.02. The van der Waals surface area contributed by atoms with Gasteiger partial charge in [-0.25, -0.2) is 4.68 Å². The van der Waals surface area contributed by atoms with Gasteiger partial charge in [0.05, 0.1) is 11.4 Å². The molecule has 0 spiro atoms. The van der Waals surface area contributed by atoms with E-state index in [-0.39, 0.29) is 5.92 Å². The Balaban J connectivity index is 1.89. The van der Waals surface area contributed by atoms with Crippen LogP contribution in [0.25, 0.3) is 5.69 Å². The monoisotopic (exact) mass is 304 g/mol. The van der Waals surface area contributed by atoms with Gasteiger partial charge in [0.1, 0.15) is 17.6 Å². The molecule has 0 aliphatic heterocycles. The van der Waals surface area contributed by atoms with Crippen molar-refractivity contribution >= 4 is 0 Å². The molecule has 1 aromatic heterocycles. The third-order valence-corrected chi connectivity index (χ3v) is 3.42. The maximum absolute atomic E-state index is 9.15. The van der Waals surface area contributed by atoms with Gasteiger partial charge in [-0.05, 0) is 42.3 Å². The van der Waals surface area contributed by atoms with E-state index in [4.69, 9.17) is 10.00 Å². The second-order valence-electron chi connectivity index (χ2n) is 5.41. The van der Waals surface area contributed by atoms with Gasteiger partial charge >= 0.3 is 0 Å². The minimum Gasteiger partial charge on any atom is -0.457 e. The SMILES string of the molecule is CC(C)c1c(C#N)nnn1-c1ccc(Oc2ccccc2)cc1. The van der Waals surface area contributed by atoms with Crippen LogP contribution in [0.5, 0.6) is 11.5 Å². The van der Waals surface area contributed by atoms with Crippen LogP contribution in [-0.4, -0.2) is 15.0 Å². The fraction of sp³-hybridized carbons (Fsp3) is 0.167. The quantitative estimate of drug-likeness (QED) is 0.729. The summed E-state index contributed by atoms with van der Waals surface area (Å²) >= 11 is 0. The lowest BCUT2D eigenvalue weighted by atomic mass is 10.1. The van der Waals surface area contributed by atoms with Crippen molar-refractivity contribution in [2.75, 3.05) is 0 Å². The molecular weight excluding hydrogens is 288 g/mol. The largest absolute Gasteiger partial charge is 0.457 e. The van der Waals surface area contributed by atoms with Gasteiger partial charge < -0.3 is 4.74 Å². The topological polar surface area (TPSA) is 63.7 Å². The van der Waals surface area contributed by atoms with Crippen LogP contribution in [0.15, 0.2) is 54.6 Å². The maximum atomic E-state index is 9.15. The van der Waals surface area contributed by atoms with Crippen LogP contribution in [0.4, 0.5) is 0 Å². The van der Waals surface area contributed by atoms with Gasteiger partial charge in [-0.15, -0.1) is 5.10 Å². The number of rotatable bonds is 4. The highest BCUT2D eigenvalue weighted by atomic mass is 16.5. The van der Waals surface area contributed by atoms with E-state index in [0.29, 0.717) is 5.69 Å². The summed E-state index contributed by atoms with van der Waals surface area (Å²) in [6.45, 7) is 4.03. The van der Waals surface area contributed by atoms with E-state index in [2.05, 4.69) is 16.4 Å². The highest BCUT2D eigenvalue weighted by Gasteiger charge is 2.17. The normalized spacial score (nSPS) is 10.5. The molecule has 3 rings (SSSR count). The Morgan fingerprint density at radius 2 is 1.65 bits per heavy atom. The molecule has 114 valence electrons. The number of nitrogens with zero attached hydrogens (tertiary/aromatic N) is 4. The Kier molecular flexibility index (Phi) is 4.07. The molecular formula is C18H16N4O. The van der Waals surface area contributed by atoms with Crippen LogP contribution in [0.1, 0.15) is 31.2 Å². The third kappa shape index (κ3) is 3.06. The molecule has 0 radical (unpaired) electrons. The number of para-hydroxylation sites is 1. The fourth-order valence-corrected chi connectivity index (χ4v) is 2.36. The van der Waals surface area contributed by atoms with Crippen molar-refractivity contribution in [3.05, 3.63) is 66.0 Å². The van der Waals surface area contributed by atoms with Gasteiger partial charge in [-0.1, -0.05) is 37.3 Å². The minimum atomic E-state index is 0.153. The molecule has 0 N–H and O–H groups in total. The molecule has 0 aliphatic carbocycles. The highest BCUT2D eigenvalue weighted by molar-refractivity contribution is 5.42.